The summed E-state index contributed by atoms with van der Waals surface area (Å²) in [6.45, 7) is 5.19. The summed E-state index contributed by atoms with van der Waals surface area (Å²) >= 11 is 0. The maximum absolute atomic E-state index is 12.0. The van der Waals surface area contributed by atoms with Crippen molar-refractivity contribution in [3.05, 3.63) is 0 Å². The Balaban J connectivity index is 2.07. The van der Waals surface area contributed by atoms with E-state index in [9.17, 15) is 9.59 Å². The van der Waals surface area contributed by atoms with Crippen molar-refractivity contribution in [2.24, 2.45) is 0 Å². The number of amides is 1. The van der Waals surface area contributed by atoms with Crippen LogP contribution in [0.5, 0.6) is 0 Å². The molecule has 1 atom stereocenters. The van der Waals surface area contributed by atoms with E-state index in [0.717, 1.165) is 19.4 Å². The first-order valence-corrected chi connectivity index (χ1v) is 6.93. The van der Waals surface area contributed by atoms with E-state index in [4.69, 9.17) is 9.84 Å². The summed E-state index contributed by atoms with van der Waals surface area (Å²) in [5, 5.41) is 11.7. The maximum Gasteiger partial charge on any atom is 0.303 e. The van der Waals surface area contributed by atoms with Crippen LogP contribution in [0.25, 0.3) is 0 Å². The van der Waals surface area contributed by atoms with Crippen LogP contribution in [0, 0.1) is 0 Å². The van der Waals surface area contributed by atoms with Crippen molar-refractivity contribution in [1.82, 2.24) is 10.2 Å². The number of aliphatic carboxylic acids is 1. The number of carbonyl (C=O) groups is 2. The number of rotatable bonds is 8. The number of nitrogens with zero attached hydrogens (tertiary/aromatic N) is 1. The molecule has 110 valence electrons. The van der Waals surface area contributed by atoms with Crippen molar-refractivity contribution in [2.75, 3.05) is 32.8 Å². The molecule has 0 aromatic heterocycles. The largest absolute Gasteiger partial charge is 0.481 e. The van der Waals surface area contributed by atoms with Crippen molar-refractivity contribution < 1.29 is 19.4 Å². The third-order valence-corrected chi connectivity index (χ3v) is 3.21. The van der Waals surface area contributed by atoms with Gasteiger partial charge >= 0.3 is 5.97 Å². The fourth-order valence-electron chi connectivity index (χ4n) is 2.04. The Morgan fingerprint density at radius 2 is 1.95 bits per heavy atom. The molecule has 2 N–H and O–H groups in total. The molecule has 6 heteroatoms. The summed E-state index contributed by atoms with van der Waals surface area (Å²) in [6, 6.07) is -0.183. The van der Waals surface area contributed by atoms with E-state index in [1.54, 1.807) is 0 Å². The average molecular weight is 272 g/mol. The zero-order chi connectivity index (χ0) is 14.1. The lowest BCUT2D eigenvalue weighted by molar-refractivity contribution is -0.137. The van der Waals surface area contributed by atoms with Gasteiger partial charge < -0.3 is 20.1 Å². The molecular formula is C13H24N2O4. The third kappa shape index (κ3) is 6.54. The fourth-order valence-corrected chi connectivity index (χ4v) is 2.04. The van der Waals surface area contributed by atoms with Crippen molar-refractivity contribution in [1.29, 1.82) is 0 Å². The number of hydrogen-bond acceptors (Lipinski definition) is 4. The van der Waals surface area contributed by atoms with E-state index in [1.165, 1.54) is 0 Å². The second kappa shape index (κ2) is 8.87. The summed E-state index contributed by atoms with van der Waals surface area (Å²) in [4.78, 5) is 24.2. The van der Waals surface area contributed by atoms with Gasteiger partial charge in [-0.05, 0) is 26.3 Å². The molecule has 6 nitrogen and oxygen atoms in total. The van der Waals surface area contributed by atoms with Crippen LogP contribution in [-0.2, 0) is 14.3 Å². The Bertz CT molecular complexity index is 290. The highest BCUT2D eigenvalue weighted by Crippen LogP contribution is 2.02. The summed E-state index contributed by atoms with van der Waals surface area (Å²) in [5.41, 5.74) is 0. The fraction of sp³-hybridized carbons (Fsp3) is 0.846. The molecule has 0 spiro atoms. The van der Waals surface area contributed by atoms with Crippen LogP contribution in [0.2, 0.25) is 0 Å². The molecule has 0 aromatic rings. The van der Waals surface area contributed by atoms with Gasteiger partial charge in [0, 0.05) is 19.5 Å². The molecule has 1 unspecified atom stereocenters. The molecule has 0 bridgehead atoms. The first kappa shape index (κ1) is 15.9. The number of carboxylic acid groups (broad SMARTS) is 1. The van der Waals surface area contributed by atoms with Crippen LogP contribution in [0.4, 0.5) is 0 Å². The maximum atomic E-state index is 12.0. The number of carbonyl (C=O) groups excluding carboxylic acids is 1. The molecule has 1 fully saturated rings. The van der Waals surface area contributed by atoms with Gasteiger partial charge in [0.1, 0.15) is 0 Å². The number of carboxylic acids is 1. The minimum absolute atomic E-state index is 0.119. The number of nitrogens with one attached hydrogen (secondary N) is 1. The van der Waals surface area contributed by atoms with Crippen molar-refractivity contribution >= 4 is 11.9 Å². The molecule has 1 saturated heterocycles. The quantitative estimate of drug-likeness (QED) is 0.628. The zero-order valence-corrected chi connectivity index (χ0v) is 11.6. The summed E-state index contributed by atoms with van der Waals surface area (Å²) < 4.78 is 5.21. The summed E-state index contributed by atoms with van der Waals surface area (Å²) in [5.74, 6) is -0.627. The van der Waals surface area contributed by atoms with E-state index in [-0.39, 0.29) is 18.4 Å². The second-order valence-electron chi connectivity index (χ2n) is 4.82. The first-order chi connectivity index (χ1) is 9.11. The van der Waals surface area contributed by atoms with Crippen molar-refractivity contribution in [2.45, 2.75) is 38.6 Å². The van der Waals surface area contributed by atoms with Gasteiger partial charge in [0.15, 0.2) is 0 Å². The first-order valence-electron chi connectivity index (χ1n) is 6.93. The minimum atomic E-state index is -0.746. The Hall–Kier alpha value is -1.14. The average Bonchev–Trinajstić information content (AvgIpc) is 2.42. The zero-order valence-electron chi connectivity index (χ0n) is 11.6. The molecule has 1 rings (SSSR count). The van der Waals surface area contributed by atoms with Gasteiger partial charge in [-0.25, -0.2) is 0 Å². The van der Waals surface area contributed by atoms with Crippen LogP contribution >= 0.6 is 0 Å². The van der Waals surface area contributed by atoms with Gasteiger partial charge in [0.2, 0.25) is 5.91 Å². The lowest BCUT2D eigenvalue weighted by atomic mass is 10.2. The van der Waals surface area contributed by atoms with E-state index >= 15 is 0 Å². The van der Waals surface area contributed by atoms with Crippen LogP contribution in [0.15, 0.2) is 0 Å². The van der Waals surface area contributed by atoms with Gasteiger partial charge in [-0.15, -0.1) is 0 Å². The number of unbranched alkanes of at least 4 members (excludes halogenated alkanes) is 2. The molecule has 0 radical (unpaired) electrons. The molecule has 1 amide bonds. The van der Waals surface area contributed by atoms with Crippen molar-refractivity contribution in [3.63, 3.8) is 0 Å². The predicted molar refractivity (Wildman–Crippen MR) is 71.0 cm³/mol. The highest BCUT2D eigenvalue weighted by molar-refractivity contribution is 5.81. The second-order valence-corrected chi connectivity index (χ2v) is 4.82. The third-order valence-electron chi connectivity index (χ3n) is 3.21. The molecule has 0 aliphatic carbocycles. The van der Waals surface area contributed by atoms with Gasteiger partial charge in [-0.1, -0.05) is 6.42 Å². The molecule has 19 heavy (non-hydrogen) atoms. The van der Waals surface area contributed by atoms with Crippen LogP contribution in [0.1, 0.15) is 32.6 Å². The molecule has 0 saturated carbocycles. The molecule has 0 aromatic carbocycles. The number of ether oxygens (including phenoxy) is 1. The monoisotopic (exact) mass is 272 g/mol. The topological polar surface area (TPSA) is 78.9 Å². The molecule has 1 aliphatic heterocycles. The lowest BCUT2D eigenvalue weighted by Gasteiger charge is -2.29. The standard InChI is InChI=1S/C13H24N2O4/c1-11(13(18)15-7-9-19-10-8-15)14-6-4-2-3-5-12(16)17/h11,14H,2-10H2,1H3,(H,16,17). The van der Waals surface area contributed by atoms with Gasteiger partial charge in [0.05, 0.1) is 19.3 Å². The van der Waals surface area contributed by atoms with Crippen LogP contribution in [0.3, 0.4) is 0 Å². The number of morpholine rings is 1. The Kier molecular flexibility index (Phi) is 7.43. The molecule has 1 heterocycles. The molecule has 1 aliphatic rings. The Morgan fingerprint density at radius 1 is 1.26 bits per heavy atom. The van der Waals surface area contributed by atoms with Gasteiger partial charge in [-0.3, -0.25) is 9.59 Å². The van der Waals surface area contributed by atoms with E-state index in [1.807, 2.05) is 11.8 Å². The molecular weight excluding hydrogens is 248 g/mol. The van der Waals surface area contributed by atoms with Crippen LogP contribution in [-0.4, -0.2) is 60.8 Å². The van der Waals surface area contributed by atoms with E-state index in [2.05, 4.69) is 5.32 Å². The SMILES string of the molecule is CC(NCCCCCC(=O)O)C(=O)N1CCOCC1. The number of hydrogen-bond donors (Lipinski definition) is 2. The minimum Gasteiger partial charge on any atom is -0.481 e. The Labute approximate surface area is 114 Å². The highest BCUT2D eigenvalue weighted by atomic mass is 16.5. The van der Waals surface area contributed by atoms with E-state index < -0.39 is 5.97 Å². The van der Waals surface area contributed by atoms with Gasteiger partial charge in [0.25, 0.3) is 0 Å². The smallest absolute Gasteiger partial charge is 0.303 e. The Morgan fingerprint density at radius 3 is 2.58 bits per heavy atom. The lowest BCUT2D eigenvalue weighted by Crippen LogP contribution is -2.49. The van der Waals surface area contributed by atoms with Crippen molar-refractivity contribution in [3.8, 4) is 0 Å². The van der Waals surface area contributed by atoms with Gasteiger partial charge in [-0.2, -0.15) is 0 Å². The predicted octanol–water partition coefficient (Wildman–Crippen LogP) is 0.468. The van der Waals surface area contributed by atoms with E-state index in [0.29, 0.717) is 32.7 Å². The summed E-state index contributed by atoms with van der Waals surface area (Å²) in [7, 11) is 0. The summed E-state index contributed by atoms with van der Waals surface area (Å²) in [6.07, 6.45) is 2.69. The van der Waals surface area contributed by atoms with Crippen LogP contribution < -0.4 is 5.32 Å². The normalized spacial score (nSPS) is 17.2. The highest BCUT2D eigenvalue weighted by Gasteiger charge is 2.21.